The summed E-state index contributed by atoms with van der Waals surface area (Å²) in [6.45, 7) is 0. The molecule has 0 spiro atoms. The summed E-state index contributed by atoms with van der Waals surface area (Å²) in [7, 11) is 0. The van der Waals surface area contributed by atoms with Gasteiger partial charge in [-0.3, -0.25) is 0 Å². The van der Waals surface area contributed by atoms with Gasteiger partial charge in [0.2, 0.25) is 5.71 Å². The molecule has 258 valence electrons. The van der Waals surface area contributed by atoms with Crippen molar-refractivity contribution in [3.05, 3.63) is 206 Å². The molecule has 10 aromatic rings. The molecule has 0 unspecified atom stereocenters. The average Bonchev–Trinajstić information content (AvgIpc) is 3.66. The number of benzene rings is 8. The summed E-state index contributed by atoms with van der Waals surface area (Å²) in [4.78, 5) is 10.4. The number of fused-ring (bicyclic) bond motifs is 3. The van der Waals surface area contributed by atoms with E-state index in [4.69, 9.17) is 14.4 Å². The van der Waals surface area contributed by atoms with Gasteiger partial charge >= 0.3 is 0 Å². The SMILES string of the molecule is c1ccc(-c2cc(-c3ccccc3)cc(-c3cccc(-c4cccc(-c5nc(-c6cccc(-c7ccccc7)c6)c6c(n5)oc5ccccc56)c4)c3)c2)cc1. The fourth-order valence-electron chi connectivity index (χ4n) is 7.54. The van der Waals surface area contributed by atoms with E-state index in [0.717, 1.165) is 61.0 Å². The minimum absolute atomic E-state index is 0.575. The molecule has 0 bridgehead atoms. The first-order valence-electron chi connectivity index (χ1n) is 18.6. The molecule has 0 aliphatic heterocycles. The molecule has 0 N–H and O–H groups in total. The Balaban J connectivity index is 1.08. The molecular formula is C52H34N2O. The van der Waals surface area contributed by atoms with Crippen LogP contribution in [0, 0.1) is 0 Å². The standard InChI is InChI=1S/C52H34N2O/c1-4-15-35(16-5-1)38-21-13-25-42(30-38)50-49-47-27-10-11-28-48(47)55-52(49)54-51(53-50)43-26-14-23-40(31-43)39-22-12-24-41(29-39)46-33-44(36-17-6-2-7-18-36)32-45(34-46)37-19-8-3-9-20-37/h1-34H. The second-order valence-electron chi connectivity index (χ2n) is 13.8. The zero-order chi connectivity index (χ0) is 36.6. The van der Waals surface area contributed by atoms with Gasteiger partial charge in [0, 0.05) is 16.5 Å². The molecule has 0 radical (unpaired) electrons. The van der Waals surface area contributed by atoms with Gasteiger partial charge in [-0.25, -0.2) is 4.98 Å². The molecule has 0 atom stereocenters. The predicted molar refractivity (Wildman–Crippen MR) is 227 cm³/mol. The van der Waals surface area contributed by atoms with Crippen molar-refractivity contribution in [1.29, 1.82) is 0 Å². The van der Waals surface area contributed by atoms with Gasteiger partial charge < -0.3 is 4.42 Å². The molecule has 0 aliphatic rings. The highest BCUT2D eigenvalue weighted by Gasteiger charge is 2.19. The molecular weight excluding hydrogens is 669 g/mol. The number of rotatable bonds is 7. The molecule has 0 saturated heterocycles. The second kappa shape index (κ2) is 13.9. The number of nitrogens with zero attached hydrogens (tertiary/aromatic N) is 2. The minimum atomic E-state index is 0.575. The molecule has 55 heavy (non-hydrogen) atoms. The van der Waals surface area contributed by atoms with Gasteiger partial charge in [-0.1, -0.05) is 164 Å². The Kier molecular flexibility index (Phi) is 8.16. The average molecular weight is 703 g/mol. The third-order valence-electron chi connectivity index (χ3n) is 10.3. The van der Waals surface area contributed by atoms with Gasteiger partial charge in [0.1, 0.15) is 5.58 Å². The molecule has 2 heterocycles. The molecule has 3 nitrogen and oxygen atoms in total. The lowest BCUT2D eigenvalue weighted by atomic mass is 9.92. The van der Waals surface area contributed by atoms with Crippen molar-refractivity contribution in [2.24, 2.45) is 0 Å². The number of aromatic nitrogens is 2. The maximum atomic E-state index is 6.40. The Bertz CT molecular complexity index is 2910. The summed E-state index contributed by atoms with van der Waals surface area (Å²) in [5.41, 5.74) is 15.7. The smallest absolute Gasteiger partial charge is 0.231 e. The first kappa shape index (κ1) is 32.3. The van der Waals surface area contributed by atoms with E-state index >= 15 is 0 Å². The van der Waals surface area contributed by atoms with Crippen molar-refractivity contribution in [3.8, 4) is 78.3 Å². The Labute approximate surface area is 319 Å². The molecule has 3 heteroatoms. The van der Waals surface area contributed by atoms with E-state index in [0.29, 0.717) is 11.5 Å². The van der Waals surface area contributed by atoms with E-state index < -0.39 is 0 Å². The van der Waals surface area contributed by atoms with Crippen LogP contribution in [0.3, 0.4) is 0 Å². The molecule has 10 rings (SSSR count). The van der Waals surface area contributed by atoms with Crippen LogP contribution in [0.4, 0.5) is 0 Å². The van der Waals surface area contributed by atoms with E-state index in [1.165, 1.54) is 27.8 Å². The monoisotopic (exact) mass is 702 g/mol. The fraction of sp³-hybridized carbons (Fsp3) is 0. The normalized spacial score (nSPS) is 11.3. The van der Waals surface area contributed by atoms with Crippen LogP contribution in [0.5, 0.6) is 0 Å². The topological polar surface area (TPSA) is 38.9 Å². The molecule has 2 aromatic heterocycles. The molecule has 0 aliphatic carbocycles. The molecule has 8 aromatic carbocycles. The lowest BCUT2D eigenvalue weighted by Gasteiger charge is -2.13. The third-order valence-corrected chi connectivity index (χ3v) is 10.3. The summed E-state index contributed by atoms with van der Waals surface area (Å²) in [6.07, 6.45) is 0. The third kappa shape index (κ3) is 6.28. The highest BCUT2D eigenvalue weighted by Crippen LogP contribution is 2.39. The Morgan fingerprint density at radius 3 is 1.27 bits per heavy atom. The lowest BCUT2D eigenvalue weighted by molar-refractivity contribution is 0.653. The second-order valence-corrected chi connectivity index (χ2v) is 13.8. The van der Waals surface area contributed by atoms with E-state index in [-0.39, 0.29) is 0 Å². The van der Waals surface area contributed by atoms with Crippen molar-refractivity contribution in [1.82, 2.24) is 9.97 Å². The summed E-state index contributed by atoms with van der Waals surface area (Å²) >= 11 is 0. The van der Waals surface area contributed by atoms with Gasteiger partial charge in [-0.15, -0.1) is 0 Å². The Hall–Kier alpha value is -7.36. The van der Waals surface area contributed by atoms with Gasteiger partial charge in [0.25, 0.3) is 0 Å². The van der Waals surface area contributed by atoms with E-state index in [2.05, 4.69) is 182 Å². The Morgan fingerprint density at radius 2 is 0.673 bits per heavy atom. The number of hydrogen-bond acceptors (Lipinski definition) is 3. The minimum Gasteiger partial charge on any atom is -0.438 e. The van der Waals surface area contributed by atoms with Crippen molar-refractivity contribution in [3.63, 3.8) is 0 Å². The van der Waals surface area contributed by atoms with Gasteiger partial charge in [0.15, 0.2) is 5.82 Å². The van der Waals surface area contributed by atoms with E-state index in [1.807, 2.05) is 24.3 Å². The number of hydrogen-bond donors (Lipinski definition) is 0. The van der Waals surface area contributed by atoms with E-state index in [1.54, 1.807) is 0 Å². The predicted octanol–water partition coefficient (Wildman–Crippen LogP) is 14.0. The zero-order valence-electron chi connectivity index (χ0n) is 29.9. The van der Waals surface area contributed by atoms with Crippen LogP contribution in [0.2, 0.25) is 0 Å². The summed E-state index contributed by atoms with van der Waals surface area (Å²) < 4.78 is 6.40. The summed E-state index contributed by atoms with van der Waals surface area (Å²) in [5, 5.41) is 1.92. The van der Waals surface area contributed by atoms with Crippen LogP contribution < -0.4 is 0 Å². The van der Waals surface area contributed by atoms with Gasteiger partial charge in [-0.05, 0) is 98.1 Å². The molecule has 0 amide bonds. The lowest BCUT2D eigenvalue weighted by Crippen LogP contribution is -1.94. The zero-order valence-corrected chi connectivity index (χ0v) is 29.9. The quantitative estimate of drug-likeness (QED) is 0.166. The van der Waals surface area contributed by atoms with Crippen molar-refractivity contribution < 1.29 is 4.42 Å². The summed E-state index contributed by atoms with van der Waals surface area (Å²) in [6, 6.07) is 72.5. The first-order chi connectivity index (χ1) is 27.2. The number of para-hydroxylation sites is 1. The van der Waals surface area contributed by atoms with Crippen LogP contribution in [0.1, 0.15) is 0 Å². The largest absolute Gasteiger partial charge is 0.438 e. The van der Waals surface area contributed by atoms with E-state index in [9.17, 15) is 0 Å². The van der Waals surface area contributed by atoms with Crippen LogP contribution in [-0.2, 0) is 0 Å². The van der Waals surface area contributed by atoms with Crippen molar-refractivity contribution in [2.75, 3.05) is 0 Å². The van der Waals surface area contributed by atoms with Gasteiger partial charge in [0.05, 0.1) is 11.1 Å². The summed E-state index contributed by atoms with van der Waals surface area (Å²) in [5.74, 6) is 0.618. The fourth-order valence-corrected chi connectivity index (χ4v) is 7.54. The van der Waals surface area contributed by atoms with Crippen LogP contribution >= 0.6 is 0 Å². The highest BCUT2D eigenvalue weighted by molar-refractivity contribution is 6.10. The van der Waals surface area contributed by atoms with Crippen molar-refractivity contribution in [2.45, 2.75) is 0 Å². The first-order valence-corrected chi connectivity index (χ1v) is 18.6. The van der Waals surface area contributed by atoms with Gasteiger partial charge in [-0.2, -0.15) is 4.98 Å². The maximum Gasteiger partial charge on any atom is 0.231 e. The molecule has 0 saturated carbocycles. The highest BCUT2D eigenvalue weighted by atomic mass is 16.3. The Morgan fingerprint density at radius 1 is 0.291 bits per heavy atom. The number of furan rings is 1. The van der Waals surface area contributed by atoms with Crippen LogP contribution in [0.15, 0.2) is 211 Å². The van der Waals surface area contributed by atoms with Crippen LogP contribution in [-0.4, -0.2) is 9.97 Å². The molecule has 0 fully saturated rings. The van der Waals surface area contributed by atoms with Crippen LogP contribution in [0.25, 0.3) is 100 Å². The van der Waals surface area contributed by atoms with Crippen molar-refractivity contribution >= 4 is 22.1 Å². The maximum absolute atomic E-state index is 6.40.